The maximum Gasteiger partial charge on any atom is 0.338 e. The average molecular weight is 557 g/mol. The number of carbonyl (C=O) groups is 3. The summed E-state index contributed by atoms with van der Waals surface area (Å²) in [5, 5.41) is 3.79. The minimum atomic E-state index is -0.722. The highest BCUT2D eigenvalue weighted by Gasteiger charge is 2.44. The van der Waals surface area contributed by atoms with Crippen LogP contribution in [0.15, 0.2) is 48.5 Å². The van der Waals surface area contributed by atoms with Crippen molar-refractivity contribution in [1.82, 2.24) is 9.80 Å². The molecule has 38 heavy (non-hydrogen) atoms. The first-order valence-corrected chi connectivity index (χ1v) is 13.7. The predicted molar refractivity (Wildman–Crippen MR) is 153 cm³/mol. The van der Waals surface area contributed by atoms with Gasteiger partial charge in [0.1, 0.15) is 6.04 Å². The minimum absolute atomic E-state index is 0.0558. The van der Waals surface area contributed by atoms with Crippen molar-refractivity contribution in [2.75, 3.05) is 43.0 Å². The Bertz CT molecular complexity index is 1170. The number of thiocarbonyl (C=S) groups is 1. The molecule has 0 spiro atoms. The summed E-state index contributed by atoms with van der Waals surface area (Å²) < 4.78 is 5.00. The molecule has 0 unspecified atom stereocenters. The summed E-state index contributed by atoms with van der Waals surface area (Å²) >= 11 is 11.8. The molecule has 4 rings (SSSR count). The second-order valence-corrected chi connectivity index (χ2v) is 10.5. The second-order valence-electron chi connectivity index (χ2n) is 9.72. The molecule has 2 aromatic rings. The van der Waals surface area contributed by atoms with Crippen molar-refractivity contribution < 1.29 is 19.1 Å². The zero-order valence-electron chi connectivity index (χ0n) is 21.7. The number of piperidine rings is 1. The van der Waals surface area contributed by atoms with Crippen LogP contribution >= 0.6 is 23.8 Å². The van der Waals surface area contributed by atoms with Gasteiger partial charge in [-0.05, 0) is 99.5 Å². The summed E-state index contributed by atoms with van der Waals surface area (Å²) in [5.74, 6) is -0.248. The molecule has 202 valence electrons. The van der Waals surface area contributed by atoms with Crippen LogP contribution in [0.2, 0.25) is 5.02 Å². The maximum absolute atomic E-state index is 13.6. The fraction of sp³-hybridized carbons (Fsp3) is 0.429. The summed E-state index contributed by atoms with van der Waals surface area (Å²) in [6.45, 7) is 7.65. The van der Waals surface area contributed by atoms with Gasteiger partial charge in [-0.3, -0.25) is 14.5 Å². The van der Waals surface area contributed by atoms with Crippen LogP contribution in [0.4, 0.5) is 11.4 Å². The number of halogens is 1. The Morgan fingerprint density at radius 2 is 1.71 bits per heavy atom. The number of nitrogens with one attached hydrogen (secondary N) is 1. The average Bonchev–Trinajstić information content (AvgIpc) is 3.13. The van der Waals surface area contributed by atoms with E-state index < -0.39 is 12.0 Å². The molecule has 1 atom stereocenters. The molecule has 0 bridgehead atoms. The van der Waals surface area contributed by atoms with Crippen molar-refractivity contribution in [3.63, 3.8) is 0 Å². The van der Waals surface area contributed by atoms with Gasteiger partial charge in [-0.25, -0.2) is 4.79 Å². The van der Waals surface area contributed by atoms with Crippen LogP contribution < -0.4 is 10.2 Å². The smallest absolute Gasteiger partial charge is 0.338 e. The Balaban J connectivity index is 1.47. The topological polar surface area (TPSA) is 82.2 Å². The molecular formula is C28H33ClN4O4S. The monoisotopic (exact) mass is 556 g/mol. The van der Waals surface area contributed by atoms with Gasteiger partial charge in [-0.15, -0.1) is 0 Å². The molecule has 0 radical (unpaired) electrons. The third-order valence-electron chi connectivity index (χ3n) is 7.00. The van der Waals surface area contributed by atoms with E-state index in [9.17, 15) is 14.4 Å². The largest absolute Gasteiger partial charge is 0.462 e. The Labute approximate surface area is 233 Å². The molecule has 0 aromatic heterocycles. The van der Waals surface area contributed by atoms with Crippen LogP contribution in [-0.4, -0.2) is 71.5 Å². The molecule has 2 fully saturated rings. The molecule has 2 heterocycles. The van der Waals surface area contributed by atoms with Crippen molar-refractivity contribution >= 4 is 58.1 Å². The summed E-state index contributed by atoms with van der Waals surface area (Å²) in [5.41, 5.74) is 1.55. The van der Waals surface area contributed by atoms with E-state index in [4.69, 9.17) is 28.6 Å². The molecular weight excluding hydrogens is 524 g/mol. The number of benzene rings is 2. The van der Waals surface area contributed by atoms with Crippen molar-refractivity contribution in [1.29, 1.82) is 0 Å². The highest BCUT2D eigenvalue weighted by Crippen LogP contribution is 2.29. The van der Waals surface area contributed by atoms with E-state index in [1.807, 2.05) is 4.90 Å². The predicted octanol–water partition coefficient (Wildman–Crippen LogP) is 4.58. The van der Waals surface area contributed by atoms with Gasteiger partial charge in [-0.1, -0.05) is 18.5 Å². The number of amides is 2. The van der Waals surface area contributed by atoms with E-state index >= 15 is 0 Å². The Hall–Kier alpha value is -3.01. The third kappa shape index (κ3) is 6.70. The number of hydrogen-bond acceptors (Lipinski definition) is 6. The molecule has 1 N–H and O–H groups in total. The number of carbonyl (C=O) groups excluding carboxylic acids is 3. The lowest BCUT2D eigenvalue weighted by molar-refractivity contribution is -0.124. The van der Waals surface area contributed by atoms with E-state index in [0.717, 1.165) is 38.4 Å². The second kappa shape index (κ2) is 12.7. The van der Waals surface area contributed by atoms with Crippen LogP contribution in [-0.2, 0) is 14.3 Å². The van der Waals surface area contributed by atoms with Gasteiger partial charge in [0.15, 0.2) is 5.11 Å². The van der Waals surface area contributed by atoms with Gasteiger partial charge < -0.3 is 19.9 Å². The summed E-state index contributed by atoms with van der Waals surface area (Å²) in [7, 11) is 0. The molecule has 2 saturated heterocycles. The zero-order valence-corrected chi connectivity index (χ0v) is 23.3. The summed E-state index contributed by atoms with van der Waals surface area (Å²) in [6.07, 6.45) is 2.25. The first kappa shape index (κ1) is 28.0. The van der Waals surface area contributed by atoms with Gasteiger partial charge in [-0.2, -0.15) is 0 Å². The third-order valence-corrected chi connectivity index (χ3v) is 7.66. The van der Waals surface area contributed by atoms with Crippen LogP contribution in [0, 0.1) is 5.92 Å². The van der Waals surface area contributed by atoms with E-state index in [1.54, 1.807) is 55.5 Å². The Morgan fingerprint density at radius 1 is 1.05 bits per heavy atom. The lowest BCUT2D eigenvalue weighted by Gasteiger charge is -2.32. The number of likely N-dealkylation sites (tertiary alicyclic amines) is 1. The molecule has 2 aliphatic heterocycles. The zero-order chi connectivity index (χ0) is 27.2. The lowest BCUT2D eigenvalue weighted by Crippen LogP contribution is -2.44. The normalized spacial score (nSPS) is 18.7. The van der Waals surface area contributed by atoms with E-state index in [0.29, 0.717) is 33.6 Å². The van der Waals surface area contributed by atoms with Crippen LogP contribution in [0.25, 0.3) is 0 Å². The molecule has 0 aliphatic carbocycles. The fourth-order valence-corrected chi connectivity index (χ4v) is 5.28. The summed E-state index contributed by atoms with van der Waals surface area (Å²) in [4.78, 5) is 44.3. The Morgan fingerprint density at radius 3 is 2.34 bits per heavy atom. The van der Waals surface area contributed by atoms with E-state index in [-0.39, 0.29) is 24.8 Å². The fourth-order valence-electron chi connectivity index (χ4n) is 4.74. The first-order valence-electron chi connectivity index (χ1n) is 13.0. The quantitative estimate of drug-likeness (QED) is 0.357. The van der Waals surface area contributed by atoms with Crippen LogP contribution in [0.3, 0.4) is 0 Å². The minimum Gasteiger partial charge on any atom is -0.462 e. The highest BCUT2D eigenvalue weighted by molar-refractivity contribution is 7.80. The SMILES string of the molecule is CCOC(=O)c1ccc(NC(=O)C[C@H]2C(=O)N(c3ccc(Cl)cc3)C(=S)N2CCN2CCC(C)CC2)cc1. The van der Waals surface area contributed by atoms with E-state index in [2.05, 4.69) is 17.1 Å². The van der Waals surface area contributed by atoms with Gasteiger partial charge in [0.25, 0.3) is 5.91 Å². The van der Waals surface area contributed by atoms with Crippen molar-refractivity contribution in [2.45, 2.75) is 39.2 Å². The lowest BCUT2D eigenvalue weighted by atomic mass is 9.99. The molecule has 8 nitrogen and oxygen atoms in total. The maximum atomic E-state index is 13.6. The number of ether oxygens (including phenoxy) is 1. The number of esters is 1. The standard InChI is InChI=1S/C28H33ClN4O4S/c1-3-37-27(36)20-4-8-22(9-5-20)30-25(34)18-24-26(35)33(23-10-6-21(29)7-11-23)28(38)32(24)17-16-31-14-12-19(2)13-15-31/h4-11,19,24H,3,12-18H2,1-2H3,(H,30,34)/t24-/m0/s1. The van der Waals surface area contributed by atoms with Crippen LogP contribution in [0.1, 0.15) is 43.5 Å². The molecule has 2 amide bonds. The van der Waals surface area contributed by atoms with Gasteiger partial charge >= 0.3 is 5.97 Å². The summed E-state index contributed by atoms with van der Waals surface area (Å²) in [6, 6.07) is 12.7. The van der Waals surface area contributed by atoms with Gasteiger partial charge in [0.2, 0.25) is 5.91 Å². The highest BCUT2D eigenvalue weighted by atomic mass is 35.5. The van der Waals surface area contributed by atoms with Crippen LogP contribution in [0.5, 0.6) is 0 Å². The van der Waals surface area contributed by atoms with Crippen molar-refractivity contribution in [2.24, 2.45) is 5.92 Å². The first-order chi connectivity index (χ1) is 18.3. The molecule has 0 saturated carbocycles. The number of nitrogens with zero attached hydrogens (tertiary/aromatic N) is 3. The molecule has 2 aromatic carbocycles. The number of anilines is 2. The number of hydrogen-bond donors (Lipinski definition) is 1. The van der Waals surface area contributed by atoms with Crippen molar-refractivity contribution in [3.05, 3.63) is 59.1 Å². The Kier molecular flexibility index (Phi) is 9.35. The number of rotatable bonds is 9. The molecule has 10 heteroatoms. The van der Waals surface area contributed by atoms with E-state index in [1.165, 1.54) is 4.90 Å². The molecule has 2 aliphatic rings. The van der Waals surface area contributed by atoms with Gasteiger partial charge in [0, 0.05) is 23.8 Å². The van der Waals surface area contributed by atoms with Crippen molar-refractivity contribution in [3.8, 4) is 0 Å². The van der Waals surface area contributed by atoms with Gasteiger partial charge in [0.05, 0.1) is 24.3 Å².